The second-order valence-corrected chi connectivity index (χ2v) is 8.01. The fraction of sp³-hybridized carbons (Fsp3) is 0.182. The number of nitrogens with zero attached hydrogens (tertiary/aromatic N) is 4. The molecule has 0 fully saturated rings. The van der Waals surface area contributed by atoms with Crippen LogP contribution in [0.15, 0.2) is 60.0 Å². The lowest BCUT2D eigenvalue weighted by Crippen LogP contribution is -2.23. The summed E-state index contributed by atoms with van der Waals surface area (Å²) >= 11 is 1.45. The highest BCUT2D eigenvalue weighted by molar-refractivity contribution is 7.22. The van der Waals surface area contributed by atoms with Crippen molar-refractivity contribution in [1.29, 1.82) is 0 Å². The minimum absolute atomic E-state index is 0.000824. The minimum atomic E-state index is -0.666. The first-order valence-corrected chi connectivity index (χ1v) is 10.5. The number of pyridine rings is 2. The van der Waals surface area contributed by atoms with Crippen LogP contribution >= 0.6 is 11.3 Å². The van der Waals surface area contributed by atoms with Crippen molar-refractivity contribution in [3.05, 3.63) is 71.1 Å². The number of thiophene rings is 1. The Bertz CT molecular complexity index is 1240. The molecule has 0 N–H and O–H groups in total. The number of rotatable bonds is 9. The molecular formula is C22H18BFN4O3S. The first kappa shape index (κ1) is 22.0. The molecule has 0 saturated heterocycles. The quantitative estimate of drug-likeness (QED) is 0.258. The first-order chi connectivity index (χ1) is 15.6. The molecule has 32 heavy (non-hydrogen) atoms. The maximum absolute atomic E-state index is 14.2. The zero-order valence-electron chi connectivity index (χ0n) is 17.2. The van der Waals surface area contributed by atoms with Crippen molar-refractivity contribution in [3.8, 4) is 22.1 Å². The molecule has 0 unspecified atom stereocenters. The van der Waals surface area contributed by atoms with Gasteiger partial charge in [-0.05, 0) is 35.0 Å². The molecule has 3 aromatic heterocycles. The van der Waals surface area contributed by atoms with Gasteiger partial charge in [0.05, 0.1) is 27.4 Å². The highest BCUT2D eigenvalue weighted by Gasteiger charge is 2.14. The molecule has 1 aromatic carbocycles. The van der Waals surface area contributed by atoms with Crippen LogP contribution in [0.1, 0.15) is 5.56 Å². The Morgan fingerprint density at radius 3 is 2.75 bits per heavy atom. The second kappa shape index (κ2) is 9.95. The van der Waals surface area contributed by atoms with Crippen molar-refractivity contribution in [1.82, 2.24) is 14.8 Å². The van der Waals surface area contributed by atoms with Crippen LogP contribution in [0, 0.1) is 10.7 Å². The van der Waals surface area contributed by atoms with Gasteiger partial charge in [0.15, 0.2) is 19.5 Å². The smallest absolute Gasteiger partial charge is 0.183 e. The molecule has 0 amide bonds. The highest BCUT2D eigenvalue weighted by Crippen LogP contribution is 2.39. The number of hydrogen-bond acceptors (Lipinski definition) is 8. The topological polar surface area (TPSA) is 76.9 Å². The van der Waals surface area contributed by atoms with E-state index in [4.69, 9.17) is 17.5 Å². The molecule has 4 rings (SSSR count). The molecule has 0 aliphatic rings. The summed E-state index contributed by atoms with van der Waals surface area (Å²) in [6.45, 7) is 1.74. The summed E-state index contributed by atoms with van der Waals surface area (Å²) in [5.74, 6) is -0.201. The molecule has 0 saturated carbocycles. The van der Waals surface area contributed by atoms with Gasteiger partial charge in [-0.15, -0.1) is 16.2 Å². The van der Waals surface area contributed by atoms with Crippen molar-refractivity contribution < 1.29 is 13.9 Å². The van der Waals surface area contributed by atoms with Crippen LogP contribution in [0.2, 0.25) is 0 Å². The van der Waals surface area contributed by atoms with E-state index < -0.39 is 5.82 Å². The number of hydrogen-bond donors (Lipinski definition) is 0. The molecule has 7 nitrogen and oxygen atoms in total. The van der Waals surface area contributed by atoms with E-state index >= 15 is 0 Å². The van der Waals surface area contributed by atoms with Crippen molar-refractivity contribution in [3.63, 3.8) is 0 Å². The number of nitroso groups, excluding NO2 is 1. The molecule has 0 aliphatic heterocycles. The van der Waals surface area contributed by atoms with Gasteiger partial charge in [0.2, 0.25) is 0 Å². The third-order valence-electron chi connectivity index (χ3n) is 4.66. The van der Waals surface area contributed by atoms with E-state index in [0.717, 1.165) is 26.9 Å². The normalized spacial score (nSPS) is 11.2. The Labute approximate surface area is 189 Å². The minimum Gasteiger partial charge on any atom is -0.453 e. The van der Waals surface area contributed by atoms with Gasteiger partial charge in [-0.2, -0.15) is 0 Å². The van der Waals surface area contributed by atoms with Crippen LogP contribution < -0.4 is 4.74 Å². The zero-order chi connectivity index (χ0) is 22.5. The Balaban J connectivity index is 1.56. The lowest BCUT2D eigenvalue weighted by atomic mass is 10.2. The van der Waals surface area contributed by atoms with Gasteiger partial charge in [-0.25, -0.2) is 4.39 Å². The summed E-state index contributed by atoms with van der Waals surface area (Å²) in [5, 5.41) is 2.73. The number of fused-ring (bicyclic) bond motifs is 1. The van der Waals surface area contributed by atoms with E-state index in [-0.39, 0.29) is 11.4 Å². The van der Waals surface area contributed by atoms with E-state index in [1.807, 2.05) is 18.2 Å². The van der Waals surface area contributed by atoms with Crippen LogP contribution in [0.3, 0.4) is 0 Å². The molecule has 160 valence electrons. The molecule has 0 atom stereocenters. The van der Waals surface area contributed by atoms with Crippen molar-refractivity contribution in [2.24, 2.45) is 5.18 Å². The van der Waals surface area contributed by atoms with Gasteiger partial charge in [0.25, 0.3) is 0 Å². The average Bonchev–Trinajstić information content (AvgIpc) is 3.25. The fourth-order valence-electron chi connectivity index (χ4n) is 3.06. The Hall–Kier alpha value is -3.21. The Morgan fingerprint density at radius 1 is 1.16 bits per heavy atom. The molecule has 0 aliphatic carbocycles. The summed E-state index contributed by atoms with van der Waals surface area (Å²) in [4.78, 5) is 22.1. The van der Waals surface area contributed by atoms with Crippen LogP contribution in [0.5, 0.6) is 11.5 Å². The van der Waals surface area contributed by atoms with Gasteiger partial charge in [-0.1, -0.05) is 6.07 Å². The van der Waals surface area contributed by atoms with Crippen molar-refractivity contribution >= 4 is 35.2 Å². The molecule has 0 spiro atoms. The molecular weight excluding hydrogens is 430 g/mol. The fourth-order valence-corrected chi connectivity index (χ4v) is 4.10. The standard InChI is InChI=1S/C22H18BFN4O3S/c1-30-9-8-28(23)13-14-2-4-17(26-12-14)21-11-18-22(32-21)20(6-7-25-18)31-19-5-3-15(27-29)10-16(19)24/h2-7,10-12H,8-9,13H2,1H3. The lowest BCUT2D eigenvalue weighted by molar-refractivity contribution is 0.179. The van der Waals surface area contributed by atoms with E-state index in [2.05, 4.69) is 15.1 Å². The van der Waals surface area contributed by atoms with Crippen LogP contribution in [0.4, 0.5) is 10.1 Å². The second-order valence-electron chi connectivity index (χ2n) is 6.96. The Morgan fingerprint density at radius 2 is 2.03 bits per heavy atom. The van der Waals surface area contributed by atoms with Crippen LogP contribution in [0.25, 0.3) is 20.8 Å². The van der Waals surface area contributed by atoms with Gasteiger partial charge in [0.1, 0.15) is 11.4 Å². The number of aromatic nitrogens is 2. The summed E-state index contributed by atoms with van der Waals surface area (Å²) in [6.07, 6.45) is 3.38. The van der Waals surface area contributed by atoms with Gasteiger partial charge >= 0.3 is 0 Å². The van der Waals surface area contributed by atoms with Crippen molar-refractivity contribution in [2.45, 2.75) is 6.54 Å². The summed E-state index contributed by atoms with van der Waals surface area (Å²) in [5.41, 5.74) is 2.49. The third-order valence-corrected chi connectivity index (χ3v) is 5.82. The maximum atomic E-state index is 14.2. The van der Waals surface area contributed by atoms with Crippen LogP contribution in [-0.4, -0.2) is 43.0 Å². The molecule has 2 radical (unpaired) electrons. The summed E-state index contributed by atoms with van der Waals surface area (Å²) in [7, 11) is 7.59. The highest BCUT2D eigenvalue weighted by atomic mass is 32.1. The van der Waals surface area contributed by atoms with Gasteiger partial charge in [0, 0.05) is 44.7 Å². The Kier molecular flexibility index (Phi) is 6.84. The lowest BCUT2D eigenvalue weighted by Gasteiger charge is -2.16. The monoisotopic (exact) mass is 448 g/mol. The number of ether oxygens (including phenoxy) is 2. The molecule has 0 bridgehead atoms. The maximum Gasteiger partial charge on any atom is 0.183 e. The SMILES string of the molecule is [B]N(CCOC)Cc1ccc(-c2cc3nccc(Oc4ccc(N=O)cc4F)c3s2)nc1. The predicted molar refractivity (Wildman–Crippen MR) is 123 cm³/mol. The molecule has 3 heterocycles. The average molecular weight is 448 g/mol. The molecule has 10 heteroatoms. The number of benzene rings is 1. The van der Waals surface area contributed by atoms with E-state index in [1.165, 1.54) is 23.5 Å². The van der Waals surface area contributed by atoms with Gasteiger partial charge < -0.3 is 14.3 Å². The van der Waals surface area contributed by atoms with E-state index in [1.54, 1.807) is 30.4 Å². The summed E-state index contributed by atoms with van der Waals surface area (Å²) in [6, 6.07) is 11.3. The molecule has 4 aromatic rings. The van der Waals surface area contributed by atoms with Gasteiger partial charge in [-0.3, -0.25) is 9.97 Å². The zero-order valence-corrected chi connectivity index (χ0v) is 18.0. The van der Waals surface area contributed by atoms with E-state index in [0.29, 0.717) is 31.0 Å². The third kappa shape index (κ3) is 4.99. The van der Waals surface area contributed by atoms with E-state index in [9.17, 15) is 9.30 Å². The largest absolute Gasteiger partial charge is 0.453 e. The first-order valence-electron chi connectivity index (χ1n) is 9.70. The number of halogens is 1. The number of methoxy groups -OCH3 is 1. The summed E-state index contributed by atoms with van der Waals surface area (Å²) < 4.78 is 25.8. The predicted octanol–water partition coefficient (Wildman–Crippen LogP) is 5.22. The van der Waals surface area contributed by atoms with Crippen molar-refractivity contribution in [2.75, 3.05) is 20.3 Å². The van der Waals surface area contributed by atoms with Crippen LogP contribution in [-0.2, 0) is 11.3 Å².